The number of nitrogens with zero attached hydrogens (tertiary/aromatic N) is 3. The molecule has 1 N–H and O–H groups in total. The first-order chi connectivity index (χ1) is 9.32. The zero-order chi connectivity index (χ0) is 14.9. The monoisotopic (exact) mass is 281 g/mol. The number of rotatable bonds is 2. The Bertz CT molecular complexity index is 713. The van der Waals surface area contributed by atoms with Gasteiger partial charge in [-0.05, 0) is 18.2 Å². The summed E-state index contributed by atoms with van der Waals surface area (Å²) >= 11 is 0. The van der Waals surface area contributed by atoms with Crippen LogP contribution in [0.5, 0.6) is 0 Å². The van der Waals surface area contributed by atoms with E-state index in [1.807, 2.05) is 0 Å². The molecule has 2 aromatic rings. The predicted molar refractivity (Wildman–Crippen MR) is 60.2 cm³/mol. The van der Waals surface area contributed by atoms with Crippen LogP contribution in [0.2, 0.25) is 0 Å². The van der Waals surface area contributed by atoms with E-state index < -0.39 is 17.7 Å². The summed E-state index contributed by atoms with van der Waals surface area (Å²) in [6.07, 6.45) is -2.32. The number of carboxylic acids is 1. The third-order valence-electron chi connectivity index (χ3n) is 2.52. The van der Waals surface area contributed by atoms with E-state index in [4.69, 9.17) is 10.4 Å². The highest BCUT2D eigenvalue weighted by Crippen LogP contribution is 2.31. The minimum atomic E-state index is -4.55. The zero-order valence-corrected chi connectivity index (χ0v) is 9.72. The Labute approximate surface area is 110 Å². The molecule has 0 aliphatic rings. The molecule has 5 nitrogen and oxygen atoms in total. The average molecular weight is 281 g/mol. The fourth-order valence-electron chi connectivity index (χ4n) is 1.59. The van der Waals surface area contributed by atoms with Crippen LogP contribution in [0.3, 0.4) is 0 Å². The molecule has 1 aromatic carbocycles. The third-order valence-corrected chi connectivity index (χ3v) is 2.52. The molecule has 8 heteroatoms. The normalized spacial score (nSPS) is 11.1. The Morgan fingerprint density at radius 2 is 2.10 bits per heavy atom. The van der Waals surface area contributed by atoms with Crippen LogP contribution in [-0.4, -0.2) is 20.6 Å². The second-order valence-corrected chi connectivity index (χ2v) is 3.81. The third kappa shape index (κ3) is 2.47. The molecule has 0 radical (unpaired) electrons. The molecule has 0 atom stereocenters. The molecule has 0 unspecified atom stereocenters. The van der Waals surface area contributed by atoms with Crippen LogP contribution in [0.4, 0.5) is 13.2 Å². The second kappa shape index (κ2) is 4.70. The molecule has 0 aliphatic carbocycles. The number of halogens is 3. The van der Waals surface area contributed by atoms with Crippen molar-refractivity contribution in [2.24, 2.45) is 0 Å². The molecule has 0 bridgehead atoms. The van der Waals surface area contributed by atoms with Gasteiger partial charge in [0, 0.05) is 6.20 Å². The van der Waals surface area contributed by atoms with Gasteiger partial charge in [0.15, 0.2) is 5.69 Å². The van der Waals surface area contributed by atoms with Crippen LogP contribution in [0.1, 0.15) is 21.6 Å². The Hall–Kier alpha value is -2.82. The first-order valence-electron chi connectivity index (χ1n) is 5.22. The van der Waals surface area contributed by atoms with Gasteiger partial charge in [0.1, 0.15) is 12.4 Å². The Morgan fingerprint density at radius 1 is 1.40 bits per heavy atom. The van der Waals surface area contributed by atoms with Crippen molar-refractivity contribution in [1.82, 2.24) is 9.55 Å². The Kier molecular flexibility index (Phi) is 3.19. The fourth-order valence-corrected chi connectivity index (χ4v) is 1.59. The lowest BCUT2D eigenvalue weighted by Crippen LogP contribution is -2.06. The van der Waals surface area contributed by atoms with Gasteiger partial charge in [-0.1, -0.05) is 0 Å². The van der Waals surface area contributed by atoms with Gasteiger partial charge in [-0.2, -0.15) is 18.4 Å². The summed E-state index contributed by atoms with van der Waals surface area (Å²) in [4.78, 5) is 14.3. The molecular formula is C12H6F3N3O2. The number of carboxylic acid groups (broad SMARTS) is 1. The molecule has 1 heterocycles. The molecule has 102 valence electrons. The van der Waals surface area contributed by atoms with Crippen LogP contribution < -0.4 is 0 Å². The molecule has 0 saturated carbocycles. The zero-order valence-electron chi connectivity index (χ0n) is 9.72. The van der Waals surface area contributed by atoms with E-state index in [-0.39, 0.29) is 16.9 Å². The highest BCUT2D eigenvalue weighted by atomic mass is 19.4. The minimum absolute atomic E-state index is 0.125. The van der Waals surface area contributed by atoms with E-state index >= 15 is 0 Å². The highest BCUT2D eigenvalue weighted by molar-refractivity contribution is 5.85. The summed E-state index contributed by atoms with van der Waals surface area (Å²) in [5, 5.41) is 17.7. The number of benzene rings is 1. The van der Waals surface area contributed by atoms with Crippen molar-refractivity contribution in [2.75, 3.05) is 0 Å². The average Bonchev–Trinajstić information content (AvgIpc) is 2.86. The summed E-state index contributed by atoms with van der Waals surface area (Å²) < 4.78 is 38.8. The summed E-state index contributed by atoms with van der Waals surface area (Å²) in [5.74, 6) is -1.27. The van der Waals surface area contributed by atoms with E-state index in [0.29, 0.717) is 6.07 Å². The van der Waals surface area contributed by atoms with Crippen LogP contribution in [0.15, 0.2) is 30.7 Å². The number of nitriles is 1. The van der Waals surface area contributed by atoms with E-state index in [9.17, 15) is 18.0 Å². The van der Waals surface area contributed by atoms with Gasteiger partial charge >= 0.3 is 12.1 Å². The standard InChI is InChI=1S/C12H6F3N3O2/c13-12(14,15)8-1-2-10(7(3-8)4-16)18-5-9(11(19)20)17-6-18/h1-3,5-6H,(H,19,20). The van der Waals surface area contributed by atoms with Crippen LogP contribution in [0.25, 0.3) is 5.69 Å². The van der Waals surface area contributed by atoms with Crippen molar-refractivity contribution < 1.29 is 23.1 Å². The molecule has 20 heavy (non-hydrogen) atoms. The first kappa shape index (κ1) is 13.6. The van der Waals surface area contributed by atoms with Gasteiger partial charge in [0.25, 0.3) is 0 Å². The predicted octanol–water partition coefficient (Wildman–Crippen LogP) is 2.46. The number of aromatic nitrogens is 2. The maximum atomic E-state index is 12.5. The number of hydrogen-bond acceptors (Lipinski definition) is 3. The molecule has 0 spiro atoms. The SMILES string of the molecule is N#Cc1cc(C(F)(F)F)ccc1-n1cnc(C(=O)O)c1. The van der Waals surface area contributed by atoms with Crippen molar-refractivity contribution in [3.8, 4) is 11.8 Å². The summed E-state index contributed by atoms with van der Waals surface area (Å²) in [7, 11) is 0. The molecule has 1 aromatic heterocycles. The lowest BCUT2D eigenvalue weighted by molar-refractivity contribution is -0.137. The topological polar surface area (TPSA) is 78.9 Å². The maximum absolute atomic E-state index is 12.5. The van der Waals surface area contributed by atoms with Gasteiger partial charge in [-0.15, -0.1) is 0 Å². The van der Waals surface area contributed by atoms with Gasteiger partial charge in [0.2, 0.25) is 0 Å². The molecule has 0 aliphatic heterocycles. The number of hydrogen-bond donors (Lipinski definition) is 1. The van der Waals surface area contributed by atoms with Crippen LogP contribution in [0, 0.1) is 11.3 Å². The lowest BCUT2D eigenvalue weighted by Gasteiger charge is -2.10. The number of carbonyl (C=O) groups is 1. The number of imidazole rings is 1. The molecule has 0 saturated heterocycles. The minimum Gasteiger partial charge on any atom is -0.476 e. The highest BCUT2D eigenvalue weighted by Gasteiger charge is 2.31. The van der Waals surface area contributed by atoms with Crippen molar-refractivity contribution in [3.63, 3.8) is 0 Å². The van der Waals surface area contributed by atoms with Crippen molar-refractivity contribution in [1.29, 1.82) is 5.26 Å². The molecule has 0 fully saturated rings. The smallest absolute Gasteiger partial charge is 0.416 e. The van der Waals surface area contributed by atoms with Crippen molar-refractivity contribution in [2.45, 2.75) is 6.18 Å². The van der Waals surface area contributed by atoms with Gasteiger partial charge in [-0.3, -0.25) is 0 Å². The molecule has 0 amide bonds. The van der Waals surface area contributed by atoms with Crippen molar-refractivity contribution in [3.05, 3.63) is 47.5 Å². The fraction of sp³-hybridized carbons (Fsp3) is 0.0833. The van der Waals surface area contributed by atoms with E-state index in [1.165, 1.54) is 4.57 Å². The lowest BCUT2D eigenvalue weighted by atomic mass is 10.1. The first-order valence-corrected chi connectivity index (χ1v) is 5.22. The van der Waals surface area contributed by atoms with E-state index in [1.54, 1.807) is 6.07 Å². The summed E-state index contributed by atoms with van der Waals surface area (Å²) in [6, 6.07) is 4.26. The Morgan fingerprint density at radius 3 is 2.60 bits per heavy atom. The van der Waals surface area contributed by atoms with Crippen LogP contribution >= 0.6 is 0 Å². The van der Waals surface area contributed by atoms with Crippen LogP contribution in [-0.2, 0) is 6.18 Å². The molecule has 2 rings (SSSR count). The van der Waals surface area contributed by atoms with E-state index in [2.05, 4.69) is 4.98 Å². The summed E-state index contributed by atoms with van der Waals surface area (Å²) in [6.45, 7) is 0. The number of alkyl halides is 3. The quantitative estimate of drug-likeness (QED) is 0.917. The maximum Gasteiger partial charge on any atom is 0.416 e. The van der Waals surface area contributed by atoms with Gasteiger partial charge < -0.3 is 9.67 Å². The van der Waals surface area contributed by atoms with Crippen molar-refractivity contribution >= 4 is 5.97 Å². The van der Waals surface area contributed by atoms with Gasteiger partial charge in [0.05, 0.1) is 16.8 Å². The Balaban J connectivity index is 2.52. The second-order valence-electron chi connectivity index (χ2n) is 3.81. The largest absolute Gasteiger partial charge is 0.476 e. The summed E-state index contributed by atoms with van der Waals surface area (Å²) in [5.41, 5.74) is -1.32. The number of aromatic carboxylic acids is 1. The molecular weight excluding hydrogens is 275 g/mol. The van der Waals surface area contributed by atoms with Gasteiger partial charge in [-0.25, -0.2) is 9.78 Å². The van der Waals surface area contributed by atoms with E-state index in [0.717, 1.165) is 24.7 Å².